The van der Waals surface area contributed by atoms with Gasteiger partial charge in [-0.3, -0.25) is 14.5 Å². The van der Waals surface area contributed by atoms with E-state index in [1.165, 1.54) is 30.3 Å². The van der Waals surface area contributed by atoms with Crippen LogP contribution in [0, 0.1) is 0 Å². The molecule has 0 bridgehead atoms. The summed E-state index contributed by atoms with van der Waals surface area (Å²) in [6, 6.07) is 14.9. The molecular formula is C25H15Cl3F3NO2. The molecule has 0 fully saturated rings. The minimum atomic E-state index is -4.57. The molecule has 0 saturated heterocycles. The van der Waals surface area contributed by atoms with Gasteiger partial charge in [0.25, 0.3) is 11.8 Å². The van der Waals surface area contributed by atoms with Gasteiger partial charge >= 0.3 is 6.18 Å². The molecule has 1 unspecified atom stereocenters. The number of rotatable bonds is 5. The average molecular weight is 525 g/mol. The first kappa shape index (κ1) is 24.3. The summed E-state index contributed by atoms with van der Waals surface area (Å²) in [5.74, 6) is -2.77. The molecule has 4 rings (SSSR count). The fourth-order valence-corrected chi connectivity index (χ4v) is 4.51. The molecule has 0 saturated carbocycles. The summed E-state index contributed by atoms with van der Waals surface area (Å²) < 4.78 is 41.1. The van der Waals surface area contributed by atoms with Gasteiger partial charge in [0.05, 0.1) is 23.6 Å². The quantitative estimate of drug-likeness (QED) is 0.319. The number of amides is 2. The summed E-state index contributed by atoms with van der Waals surface area (Å²) in [5.41, 5.74) is 1.46. The van der Waals surface area contributed by atoms with Crippen molar-refractivity contribution in [2.45, 2.75) is 18.6 Å². The molecule has 3 aromatic rings. The summed E-state index contributed by atoms with van der Waals surface area (Å²) in [7, 11) is 0. The zero-order chi connectivity index (χ0) is 24.6. The molecule has 2 amide bonds. The topological polar surface area (TPSA) is 37.4 Å². The molecule has 1 aliphatic rings. The van der Waals surface area contributed by atoms with E-state index in [9.17, 15) is 22.8 Å². The highest BCUT2D eigenvalue weighted by Crippen LogP contribution is 2.38. The van der Waals surface area contributed by atoms with Crippen molar-refractivity contribution < 1.29 is 22.8 Å². The molecule has 1 aliphatic heterocycles. The summed E-state index contributed by atoms with van der Waals surface area (Å²) in [6.45, 7) is -0.0542. The second-order valence-corrected chi connectivity index (χ2v) is 8.95. The van der Waals surface area contributed by atoms with Crippen molar-refractivity contribution in [3.63, 3.8) is 0 Å². The predicted octanol–water partition coefficient (Wildman–Crippen LogP) is 7.80. The Labute approximate surface area is 208 Å². The Morgan fingerprint density at radius 2 is 1.44 bits per heavy atom. The highest BCUT2D eigenvalue weighted by Gasteiger charge is 2.39. The second kappa shape index (κ2) is 9.45. The van der Waals surface area contributed by atoms with Crippen LogP contribution in [-0.2, 0) is 6.54 Å². The third-order valence-corrected chi connectivity index (χ3v) is 6.15. The van der Waals surface area contributed by atoms with Crippen molar-refractivity contribution in [1.29, 1.82) is 0 Å². The van der Waals surface area contributed by atoms with E-state index in [0.29, 0.717) is 22.3 Å². The normalized spacial score (nSPS) is 14.7. The van der Waals surface area contributed by atoms with Crippen LogP contribution in [0.15, 0.2) is 66.7 Å². The minimum Gasteiger partial charge on any atom is -0.270 e. The lowest BCUT2D eigenvalue weighted by molar-refractivity contribution is -0.139. The number of nitrogens with zero attached hydrogens (tertiary/aromatic N) is 1. The molecule has 0 aliphatic carbocycles. The van der Waals surface area contributed by atoms with Crippen molar-refractivity contribution in [2.24, 2.45) is 0 Å². The summed E-state index contributed by atoms with van der Waals surface area (Å²) in [6.07, 6.45) is -2.28. The van der Waals surface area contributed by atoms with E-state index >= 15 is 0 Å². The van der Waals surface area contributed by atoms with Crippen LogP contribution >= 0.6 is 34.8 Å². The van der Waals surface area contributed by atoms with Crippen LogP contribution < -0.4 is 0 Å². The molecule has 3 aromatic carbocycles. The van der Waals surface area contributed by atoms with E-state index in [2.05, 4.69) is 0 Å². The summed E-state index contributed by atoms with van der Waals surface area (Å²) in [4.78, 5) is 26.2. The average Bonchev–Trinajstić information content (AvgIpc) is 2.99. The Morgan fingerprint density at radius 1 is 0.853 bits per heavy atom. The van der Waals surface area contributed by atoms with E-state index < -0.39 is 23.9 Å². The molecule has 0 spiro atoms. The maximum absolute atomic E-state index is 13.7. The molecule has 3 nitrogen and oxygen atoms in total. The Morgan fingerprint density at radius 3 is 1.97 bits per heavy atom. The Kier molecular flexibility index (Phi) is 6.76. The van der Waals surface area contributed by atoms with Crippen LogP contribution in [0.3, 0.4) is 0 Å². The van der Waals surface area contributed by atoms with Crippen molar-refractivity contribution in [2.75, 3.05) is 0 Å². The van der Waals surface area contributed by atoms with Gasteiger partial charge in [0, 0.05) is 15.1 Å². The second-order valence-electron chi connectivity index (χ2n) is 7.67. The van der Waals surface area contributed by atoms with E-state index in [4.69, 9.17) is 34.8 Å². The zero-order valence-corrected chi connectivity index (χ0v) is 19.5. The van der Waals surface area contributed by atoms with E-state index in [1.54, 1.807) is 36.4 Å². The zero-order valence-electron chi connectivity index (χ0n) is 17.2. The summed E-state index contributed by atoms with van der Waals surface area (Å²) >= 11 is 18.1. The minimum absolute atomic E-state index is 0.0542. The number of fused-ring (bicyclic) bond motifs is 1. The van der Waals surface area contributed by atoms with Crippen LogP contribution in [0.1, 0.15) is 43.3 Å². The Balaban J connectivity index is 1.56. The van der Waals surface area contributed by atoms with Gasteiger partial charge in [-0.25, -0.2) is 0 Å². The lowest BCUT2D eigenvalue weighted by atomic mass is 9.97. The molecule has 174 valence electrons. The van der Waals surface area contributed by atoms with Crippen LogP contribution in [-0.4, -0.2) is 22.9 Å². The van der Waals surface area contributed by atoms with Crippen molar-refractivity contribution >= 4 is 52.7 Å². The molecule has 0 aromatic heterocycles. The van der Waals surface area contributed by atoms with Crippen molar-refractivity contribution in [1.82, 2.24) is 4.90 Å². The number of alkyl halides is 3. The van der Waals surface area contributed by atoms with Crippen LogP contribution in [0.2, 0.25) is 15.1 Å². The summed E-state index contributed by atoms with van der Waals surface area (Å²) in [5, 5.41) is 0.421. The number of imide groups is 1. The Hall–Kier alpha value is -2.80. The number of benzene rings is 3. The molecule has 9 heteroatoms. The van der Waals surface area contributed by atoms with E-state index in [-0.39, 0.29) is 27.2 Å². The predicted molar refractivity (Wildman–Crippen MR) is 126 cm³/mol. The maximum Gasteiger partial charge on any atom is 0.399 e. The molecule has 1 heterocycles. The lowest BCUT2D eigenvalue weighted by Gasteiger charge is -2.18. The number of halogens is 6. The van der Waals surface area contributed by atoms with Gasteiger partial charge in [-0.05, 0) is 53.1 Å². The van der Waals surface area contributed by atoms with Gasteiger partial charge < -0.3 is 0 Å². The number of carbonyl (C=O) groups excluding carboxylic acids is 2. The first-order chi connectivity index (χ1) is 16.0. The van der Waals surface area contributed by atoms with Gasteiger partial charge in [0.15, 0.2) is 0 Å². The fourth-order valence-electron chi connectivity index (χ4n) is 3.72. The van der Waals surface area contributed by atoms with Crippen molar-refractivity contribution in [3.05, 3.63) is 110 Å². The standard InChI is InChI=1S/C25H15Cl3F3NO2/c26-17-10-16(11-18(27)12-17)21(25(29,30)31)8-6-14-5-7-15(22(28)9-14)13-32-23(33)19-3-1-2-4-20(19)24(32)34/h1-12,21H,13H2/b8-6+. The van der Waals surface area contributed by atoms with E-state index in [0.717, 1.165) is 11.0 Å². The highest BCUT2D eigenvalue weighted by molar-refractivity contribution is 6.34. The molecule has 34 heavy (non-hydrogen) atoms. The number of allylic oxidation sites excluding steroid dienone is 1. The van der Waals surface area contributed by atoms with Gasteiger partial charge in [-0.1, -0.05) is 71.2 Å². The van der Waals surface area contributed by atoms with Crippen LogP contribution in [0.25, 0.3) is 6.08 Å². The SMILES string of the molecule is O=C1c2ccccc2C(=O)N1Cc1ccc(/C=C/C(c2cc(Cl)cc(Cl)c2)C(F)(F)F)cc1Cl. The van der Waals surface area contributed by atoms with Crippen LogP contribution in [0.5, 0.6) is 0 Å². The van der Waals surface area contributed by atoms with E-state index in [1.807, 2.05) is 0 Å². The first-order valence-electron chi connectivity index (χ1n) is 9.99. The highest BCUT2D eigenvalue weighted by atomic mass is 35.5. The van der Waals surface area contributed by atoms with Gasteiger partial charge in [0.2, 0.25) is 0 Å². The van der Waals surface area contributed by atoms with Gasteiger partial charge in [0.1, 0.15) is 0 Å². The third-order valence-electron chi connectivity index (χ3n) is 5.36. The third kappa shape index (κ3) is 4.99. The van der Waals surface area contributed by atoms with Crippen molar-refractivity contribution in [3.8, 4) is 0 Å². The first-order valence-corrected chi connectivity index (χ1v) is 11.1. The smallest absolute Gasteiger partial charge is 0.270 e. The van der Waals surface area contributed by atoms with Gasteiger partial charge in [-0.2, -0.15) is 13.2 Å². The largest absolute Gasteiger partial charge is 0.399 e. The molecular weight excluding hydrogens is 510 g/mol. The van der Waals surface area contributed by atoms with Gasteiger partial charge in [-0.15, -0.1) is 0 Å². The fraction of sp³-hybridized carbons (Fsp3) is 0.120. The molecule has 0 N–H and O–H groups in total. The number of hydrogen-bond donors (Lipinski definition) is 0. The monoisotopic (exact) mass is 523 g/mol. The number of carbonyl (C=O) groups is 2. The maximum atomic E-state index is 13.7. The Bertz CT molecular complexity index is 1270. The lowest BCUT2D eigenvalue weighted by Crippen LogP contribution is -2.29. The molecule has 1 atom stereocenters. The number of hydrogen-bond acceptors (Lipinski definition) is 2. The van der Waals surface area contributed by atoms with Crippen LogP contribution in [0.4, 0.5) is 13.2 Å². The molecule has 0 radical (unpaired) electrons.